The molecule has 0 spiro atoms. The van der Waals surface area contributed by atoms with Gasteiger partial charge in [-0.15, -0.1) is 21.5 Å². The highest BCUT2D eigenvalue weighted by Gasteiger charge is 2.38. The molecule has 1 heterocycles. The number of carbonyl (C=O) groups excluding carboxylic acids is 1. The highest BCUT2D eigenvalue weighted by atomic mass is 32.1. The standard InChI is InChI=1S/C19H25N3OS/c1-12-21-22-18(24-12)10-17(23)14-7-5-6-13(8-14)15-9-16(15)20-11-19(2,3)4/h5-8,15-16,20H,9-11H2,1-4H3. The number of benzene rings is 1. The summed E-state index contributed by atoms with van der Waals surface area (Å²) < 4.78 is 0. The fourth-order valence-corrected chi connectivity index (χ4v) is 3.52. The van der Waals surface area contributed by atoms with Gasteiger partial charge in [0.05, 0.1) is 6.42 Å². The van der Waals surface area contributed by atoms with Crippen molar-refractivity contribution in [1.82, 2.24) is 15.5 Å². The Bertz CT molecular complexity index is 732. The highest BCUT2D eigenvalue weighted by molar-refractivity contribution is 7.11. The third kappa shape index (κ3) is 4.48. The SMILES string of the molecule is Cc1nnc(CC(=O)c2cccc(C3CC3NCC(C)(C)C)c2)s1. The molecule has 1 saturated carbocycles. The van der Waals surface area contributed by atoms with Gasteiger partial charge < -0.3 is 5.32 Å². The smallest absolute Gasteiger partial charge is 0.169 e. The largest absolute Gasteiger partial charge is 0.313 e. The van der Waals surface area contributed by atoms with E-state index in [0.29, 0.717) is 23.8 Å². The third-order valence-electron chi connectivity index (χ3n) is 4.20. The molecular formula is C19H25N3OS. The molecule has 4 nitrogen and oxygen atoms in total. The van der Waals surface area contributed by atoms with E-state index in [4.69, 9.17) is 0 Å². The van der Waals surface area contributed by atoms with E-state index >= 15 is 0 Å². The number of hydrogen-bond donors (Lipinski definition) is 1. The molecule has 1 aliphatic rings. The first-order chi connectivity index (χ1) is 11.3. The molecule has 2 aromatic rings. The maximum atomic E-state index is 12.5. The lowest BCUT2D eigenvalue weighted by molar-refractivity contribution is 0.0992. The summed E-state index contributed by atoms with van der Waals surface area (Å²) in [5, 5.41) is 13.4. The molecule has 3 rings (SSSR count). The zero-order chi connectivity index (χ0) is 17.3. The summed E-state index contributed by atoms with van der Waals surface area (Å²) in [6.07, 6.45) is 1.49. The van der Waals surface area contributed by atoms with Gasteiger partial charge in [-0.25, -0.2) is 0 Å². The summed E-state index contributed by atoms with van der Waals surface area (Å²) in [7, 11) is 0. The number of aromatic nitrogens is 2. The van der Waals surface area contributed by atoms with Crippen molar-refractivity contribution in [3.8, 4) is 0 Å². The summed E-state index contributed by atoms with van der Waals surface area (Å²) in [5.41, 5.74) is 2.34. The van der Waals surface area contributed by atoms with Gasteiger partial charge in [-0.2, -0.15) is 0 Å². The molecule has 0 bridgehead atoms. The van der Waals surface area contributed by atoms with Crippen LogP contribution in [0.1, 0.15) is 59.0 Å². The number of carbonyl (C=O) groups is 1. The maximum absolute atomic E-state index is 12.5. The van der Waals surface area contributed by atoms with Crippen LogP contribution in [0.5, 0.6) is 0 Å². The Kier molecular flexibility index (Phi) is 4.83. The Morgan fingerprint density at radius 2 is 2.12 bits per heavy atom. The van der Waals surface area contributed by atoms with Crippen molar-refractivity contribution < 1.29 is 4.79 Å². The monoisotopic (exact) mass is 343 g/mol. The second-order valence-corrected chi connectivity index (χ2v) is 9.10. The molecule has 1 N–H and O–H groups in total. The zero-order valence-corrected chi connectivity index (χ0v) is 15.6. The van der Waals surface area contributed by atoms with Crippen LogP contribution in [0.3, 0.4) is 0 Å². The summed E-state index contributed by atoms with van der Waals surface area (Å²) in [5.74, 6) is 0.650. The van der Waals surface area contributed by atoms with Crippen LogP contribution in [-0.2, 0) is 6.42 Å². The molecule has 128 valence electrons. The molecule has 1 aromatic heterocycles. The molecule has 0 radical (unpaired) electrons. The average molecular weight is 343 g/mol. The average Bonchev–Trinajstić information content (AvgIpc) is 3.20. The molecule has 1 aliphatic carbocycles. The van der Waals surface area contributed by atoms with E-state index in [0.717, 1.165) is 28.5 Å². The van der Waals surface area contributed by atoms with E-state index in [1.807, 2.05) is 19.1 Å². The van der Waals surface area contributed by atoms with Crippen LogP contribution in [0.25, 0.3) is 0 Å². The first-order valence-corrected chi connectivity index (χ1v) is 9.29. The van der Waals surface area contributed by atoms with E-state index in [-0.39, 0.29) is 5.78 Å². The summed E-state index contributed by atoms with van der Waals surface area (Å²) in [6.45, 7) is 9.65. The van der Waals surface area contributed by atoms with E-state index in [2.05, 4.69) is 48.4 Å². The second-order valence-electron chi connectivity index (χ2n) is 7.83. The second kappa shape index (κ2) is 6.73. The molecule has 2 atom stereocenters. The molecule has 1 aromatic carbocycles. The molecule has 24 heavy (non-hydrogen) atoms. The minimum Gasteiger partial charge on any atom is -0.313 e. The number of Topliss-reactive ketones (excluding diaryl/α,β-unsaturated/α-hetero) is 1. The lowest BCUT2D eigenvalue weighted by atomic mass is 9.97. The summed E-state index contributed by atoms with van der Waals surface area (Å²) in [4.78, 5) is 12.5. The molecule has 0 amide bonds. The van der Waals surface area contributed by atoms with Crippen molar-refractivity contribution in [3.05, 3.63) is 45.4 Å². The van der Waals surface area contributed by atoms with Crippen molar-refractivity contribution in [1.29, 1.82) is 0 Å². The van der Waals surface area contributed by atoms with Crippen LogP contribution in [0.2, 0.25) is 0 Å². The van der Waals surface area contributed by atoms with Crippen molar-refractivity contribution in [3.63, 3.8) is 0 Å². The minimum atomic E-state index is 0.118. The number of nitrogens with one attached hydrogen (secondary N) is 1. The van der Waals surface area contributed by atoms with Crippen LogP contribution in [0, 0.1) is 12.3 Å². The van der Waals surface area contributed by atoms with Crippen LogP contribution in [-0.4, -0.2) is 28.6 Å². The Morgan fingerprint density at radius 3 is 2.79 bits per heavy atom. The van der Waals surface area contributed by atoms with Gasteiger partial charge in [0.25, 0.3) is 0 Å². The molecule has 1 fully saturated rings. The van der Waals surface area contributed by atoms with Crippen LogP contribution >= 0.6 is 11.3 Å². The number of ketones is 1. The predicted molar refractivity (Wildman–Crippen MR) is 97.7 cm³/mol. The predicted octanol–water partition coefficient (Wildman–Crippen LogP) is 3.76. The number of hydrogen-bond acceptors (Lipinski definition) is 5. The van der Waals surface area contributed by atoms with Crippen molar-refractivity contribution >= 4 is 17.1 Å². The van der Waals surface area contributed by atoms with Crippen molar-refractivity contribution in [2.24, 2.45) is 5.41 Å². The summed E-state index contributed by atoms with van der Waals surface area (Å²) >= 11 is 1.49. The number of aryl methyl sites for hydroxylation is 1. The van der Waals surface area contributed by atoms with Crippen molar-refractivity contribution in [2.75, 3.05) is 6.54 Å². The van der Waals surface area contributed by atoms with Crippen LogP contribution < -0.4 is 5.32 Å². The Morgan fingerprint density at radius 1 is 1.33 bits per heavy atom. The van der Waals surface area contributed by atoms with Crippen LogP contribution in [0.4, 0.5) is 0 Å². The molecule has 2 unspecified atom stereocenters. The molecular weight excluding hydrogens is 318 g/mol. The van der Waals surface area contributed by atoms with Gasteiger partial charge in [0, 0.05) is 24.1 Å². The van der Waals surface area contributed by atoms with Gasteiger partial charge in [-0.3, -0.25) is 4.79 Å². The fraction of sp³-hybridized carbons (Fsp3) is 0.526. The molecule has 5 heteroatoms. The van der Waals surface area contributed by atoms with Crippen molar-refractivity contribution in [2.45, 2.75) is 52.5 Å². The van der Waals surface area contributed by atoms with Gasteiger partial charge >= 0.3 is 0 Å². The zero-order valence-electron chi connectivity index (χ0n) is 14.8. The van der Waals surface area contributed by atoms with Gasteiger partial charge in [0.1, 0.15) is 10.0 Å². The molecule has 0 aliphatic heterocycles. The number of rotatable bonds is 6. The summed E-state index contributed by atoms with van der Waals surface area (Å²) in [6, 6.07) is 8.63. The lowest BCUT2D eigenvalue weighted by Gasteiger charge is -2.18. The first kappa shape index (κ1) is 17.2. The first-order valence-electron chi connectivity index (χ1n) is 8.47. The van der Waals surface area contributed by atoms with Crippen LogP contribution in [0.15, 0.2) is 24.3 Å². The normalized spacial score (nSPS) is 20.2. The number of nitrogens with zero attached hydrogens (tertiary/aromatic N) is 2. The quantitative estimate of drug-likeness (QED) is 0.811. The van der Waals surface area contributed by atoms with E-state index in [1.165, 1.54) is 16.9 Å². The lowest BCUT2D eigenvalue weighted by Crippen LogP contribution is -2.29. The van der Waals surface area contributed by atoms with Gasteiger partial charge in [0.15, 0.2) is 5.78 Å². The third-order valence-corrected chi connectivity index (χ3v) is 5.04. The Balaban J connectivity index is 1.61. The van der Waals surface area contributed by atoms with Gasteiger partial charge in [0.2, 0.25) is 0 Å². The maximum Gasteiger partial charge on any atom is 0.169 e. The van der Waals surface area contributed by atoms with Gasteiger partial charge in [-0.05, 0) is 30.4 Å². The Hall–Kier alpha value is -1.59. The topological polar surface area (TPSA) is 54.9 Å². The fourth-order valence-electron chi connectivity index (χ4n) is 2.82. The van der Waals surface area contributed by atoms with E-state index in [1.54, 1.807) is 0 Å². The molecule has 0 saturated heterocycles. The van der Waals surface area contributed by atoms with Gasteiger partial charge in [-0.1, -0.05) is 39.0 Å². The van der Waals surface area contributed by atoms with E-state index in [9.17, 15) is 4.79 Å². The van der Waals surface area contributed by atoms with E-state index < -0.39 is 0 Å². The minimum absolute atomic E-state index is 0.118. The highest BCUT2D eigenvalue weighted by Crippen LogP contribution is 2.41. The Labute approximate surface area is 147 Å².